The van der Waals surface area contributed by atoms with Crippen LogP contribution in [0.3, 0.4) is 0 Å². The van der Waals surface area contributed by atoms with Crippen molar-refractivity contribution in [3.05, 3.63) is 24.0 Å². The van der Waals surface area contributed by atoms with Gasteiger partial charge in [-0.1, -0.05) is 0 Å². The number of aromatic nitrogens is 1. The zero-order chi connectivity index (χ0) is 9.97. The van der Waals surface area contributed by atoms with Crippen molar-refractivity contribution >= 4 is 0 Å². The smallest absolute Gasteiger partial charge is 0.0400 e. The van der Waals surface area contributed by atoms with Crippen LogP contribution in [0.15, 0.2) is 18.3 Å². The van der Waals surface area contributed by atoms with Crippen LogP contribution in [0.25, 0.3) is 0 Å². The second kappa shape index (κ2) is 4.13. The Bertz CT molecular complexity index is 260. The summed E-state index contributed by atoms with van der Waals surface area (Å²) in [4.78, 5) is 3.19. The lowest BCUT2D eigenvalue weighted by Crippen LogP contribution is -2.42. The van der Waals surface area contributed by atoms with E-state index >= 15 is 0 Å². The summed E-state index contributed by atoms with van der Waals surface area (Å²) in [7, 11) is 0. The minimum atomic E-state index is 0.472. The van der Waals surface area contributed by atoms with Crippen LogP contribution < -0.4 is 16.2 Å². The zero-order valence-electron chi connectivity index (χ0n) is 8.67. The van der Waals surface area contributed by atoms with Gasteiger partial charge in [0.25, 0.3) is 0 Å². The maximum absolute atomic E-state index is 3.53. The van der Waals surface area contributed by atoms with E-state index in [4.69, 9.17) is 0 Å². The molecule has 0 aliphatic carbocycles. The lowest BCUT2D eigenvalue weighted by atomic mass is 10.1. The molecule has 1 aliphatic rings. The number of H-pyrrole nitrogens is 1. The molecule has 2 rings (SSSR count). The van der Waals surface area contributed by atoms with Crippen molar-refractivity contribution in [2.24, 2.45) is 0 Å². The summed E-state index contributed by atoms with van der Waals surface area (Å²) in [6, 6.07) is 5.55. The van der Waals surface area contributed by atoms with E-state index in [1.54, 1.807) is 0 Å². The molecule has 2 heterocycles. The van der Waals surface area contributed by atoms with E-state index < -0.39 is 0 Å². The van der Waals surface area contributed by atoms with Crippen molar-refractivity contribution in [2.75, 3.05) is 0 Å². The first-order valence-electron chi connectivity index (χ1n) is 5.14. The van der Waals surface area contributed by atoms with E-state index in [9.17, 15) is 0 Å². The normalized spacial score (nSPS) is 32.3. The van der Waals surface area contributed by atoms with Crippen molar-refractivity contribution in [3.63, 3.8) is 0 Å². The summed E-state index contributed by atoms with van der Waals surface area (Å²) in [6.07, 6.45) is 1.95. The Morgan fingerprint density at radius 1 is 1.29 bits per heavy atom. The van der Waals surface area contributed by atoms with E-state index in [-0.39, 0.29) is 0 Å². The van der Waals surface area contributed by atoms with Gasteiger partial charge in [-0.05, 0) is 26.0 Å². The first kappa shape index (κ1) is 9.71. The van der Waals surface area contributed by atoms with Crippen LogP contribution in [-0.2, 0) is 6.54 Å². The number of nitrogens with one attached hydrogen (secondary N) is 4. The van der Waals surface area contributed by atoms with Crippen molar-refractivity contribution in [1.82, 2.24) is 21.2 Å². The lowest BCUT2D eigenvalue weighted by Gasteiger charge is -2.19. The van der Waals surface area contributed by atoms with E-state index in [0.717, 1.165) is 6.54 Å². The number of aromatic amines is 1. The molecule has 0 aromatic carbocycles. The Balaban J connectivity index is 1.85. The molecule has 2 atom stereocenters. The highest BCUT2D eigenvalue weighted by atomic mass is 15.4. The second-order valence-electron chi connectivity index (χ2n) is 3.97. The quantitative estimate of drug-likeness (QED) is 0.562. The molecular formula is C10H18N4. The van der Waals surface area contributed by atoms with Gasteiger partial charge in [0.1, 0.15) is 0 Å². The molecule has 0 bridgehead atoms. The maximum Gasteiger partial charge on any atom is 0.0400 e. The maximum atomic E-state index is 3.53. The monoisotopic (exact) mass is 194 g/mol. The Morgan fingerprint density at radius 2 is 2.00 bits per heavy atom. The molecule has 78 valence electrons. The van der Waals surface area contributed by atoms with Gasteiger partial charge in [0.15, 0.2) is 0 Å². The average molecular weight is 194 g/mol. The molecule has 4 N–H and O–H groups in total. The second-order valence-corrected chi connectivity index (χ2v) is 3.97. The molecular weight excluding hydrogens is 176 g/mol. The molecule has 4 heteroatoms. The van der Waals surface area contributed by atoms with Gasteiger partial charge in [0, 0.05) is 36.6 Å². The Morgan fingerprint density at radius 3 is 2.57 bits per heavy atom. The molecule has 1 saturated heterocycles. The number of hydrogen-bond donors (Lipinski definition) is 4. The largest absolute Gasteiger partial charge is 0.364 e. The van der Waals surface area contributed by atoms with Gasteiger partial charge in [-0.3, -0.25) is 10.9 Å². The average Bonchev–Trinajstić information content (AvgIpc) is 2.76. The summed E-state index contributed by atoms with van der Waals surface area (Å²) < 4.78 is 0. The van der Waals surface area contributed by atoms with Crippen LogP contribution in [0.5, 0.6) is 0 Å². The first-order valence-corrected chi connectivity index (χ1v) is 5.14. The van der Waals surface area contributed by atoms with E-state index in [2.05, 4.69) is 41.1 Å². The van der Waals surface area contributed by atoms with Crippen molar-refractivity contribution < 1.29 is 0 Å². The van der Waals surface area contributed by atoms with Crippen LogP contribution in [0.1, 0.15) is 19.5 Å². The van der Waals surface area contributed by atoms with Crippen LogP contribution in [0, 0.1) is 0 Å². The van der Waals surface area contributed by atoms with E-state index in [1.165, 1.54) is 5.69 Å². The standard InChI is InChI=1S/C10H18N4/c1-7-10(8(2)14-13-7)12-6-9-4-3-5-11-9/h3-5,7-8,10-14H,6H2,1-2H3. The fraction of sp³-hybridized carbons (Fsp3) is 0.600. The van der Waals surface area contributed by atoms with Crippen LogP contribution >= 0.6 is 0 Å². The van der Waals surface area contributed by atoms with Gasteiger partial charge in [0.2, 0.25) is 0 Å². The molecule has 1 fully saturated rings. The van der Waals surface area contributed by atoms with Gasteiger partial charge in [0.05, 0.1) is 0 Å². The van der Waals surface area contributed by atoms with Crippen LogP contribution in [0.4, 0.5) is 0 Å². The lowest BCUT2D eigenvalue weighted by molar-refractivity contribution is 0.444. The summed E-state index contributed by atoms with van der Waals surface area (Å²) in [5, 5.41) is 3.53. The van der Waals surface area contributed by atoms with Gasteiger partial charge in [-0.25, -0.2) is 0 Å². The summed E-state index contributed by atoms with van der Waals surface area (Å²) >= 11 is 0. The zero-order valence-corrected chi connectivity index (χ0v) is 8.67. The highest BCUT2D eigenvalue weighted by Crippen LogP contribution is 2.06. The third-order valence-corrected chi connectivity index (χ3v) is 2.81. The van der Waals surface area contributed by atoms with E-state index in [1.807, 2.05) is 12.3 Å². The van der Waals surface area contributed by atoms with E-state index in [0.29, 0.717) is 18.1 Å². The summed E-state index contributed by atoms with van der Waals surface area (Å²) in [6.45, 7) is 5.27. The number of rotatable bonds is 3. The van der Waals surface area contributed by atoms with Crippen molar-refractivity contribution in [3.8, 4) is 0 Å². The molecule has 0 saturated carbocycles. The molecule has 2 unspecified atom stereocenters. The molecule has 4 nitrogen and oxygen atoms in total. The molecule has 0 amide bonds. The minimum Gasteiger partial charge on any atom is -0.364 e. The van der Waals surface area contributed by atoms with Gasteiger partial charge >= 0.3 is 0 Å². The Hall–Kier alpha value is -0.840. The third-order valence-electron chi connectivity index (χ3n) is 2.81. The highest BCUT2D eigenvalue weighted by Gasteiger charge is 2.28. The SMILES string of the molecule is CC1NNC(C)C1NCc1ccc[nH]1. The Kier molecular flexibility index (Phi) is 2.86. The fourth-order valence-electron chi connectivity index (χ4n) is 1.93. The fourth-order valence-corrected chi connectivity index (χ4v) is 1.93. The molecule has 1 aliphatic heterocycles. The molecule has 0 spiro atoms. The third kappa shape index (κ3) is 1.97. The van der Waals surface area contributed by atoms with Crippen molar-refractivity contribution in [2.45, 2.75) is 38.5 Å². The molecule has 1 aromatic heterocycles. The van der Waals surface area contributed by atoms with Crippen LogP contribution in [-0.4, -0.2) is 23.1 Å². The predicted octanol–water partition coefficient (Wildman–Crippen LogP) is 0.358. The highest BCUT2D eigenvalue weighted by molar-refractivity contribution is 5.04. The van der Waals surface area contributed by atoms with Gasteiger partial charge in [-0.2, -0.15) is 0 Å². The predicted molar refractivity (Wildman–Crippen MR) is 56.6 cm³/mol. The summed E-state index contributed by atoms with van der Waals surface area (Å²) in [5.41, 5.74) is 7.69. The van der Waals surface area contributed by atoms with Crippen LogP contribution in [0.2, 0.25) is 0 Å². The minimum absolute atomic E-state index is 0.472. The Labute approximate surface area is 84.4 Å². The van der Waals surface area contributed by atoms with Gasteiger partial charge < -0.3 is 10.3 Å². The number of hydrazine groups is 1. The summed E-state index contributed by atoms with van der Waals surface area (Å²) in [5.74, 6) is 0. The molecule has 0 radical (unpaired) electrons. The first-order chi connectivity index (χ1) is 6.77. The van der Waals surface area contributed by atoms with Gasteiger partial charge in [-0.15, -0.1) is 0 Å². The molecule has 1 aromatic rings. The topological polar surface area (TPSA) is 51.9 Å². The van der Waals surface area contributed by atoms with Crippen molar-refractivity contribution in [1.29, 1.82) is 0 Å². The number of hydrogen-bond acceptors (Lipinski definition) is 3. The molecule has 14 heavy (non-hydrogen) atoms.